The van der Waals surface area contributed by atoms with E-state index in [4.69, 9.17) is 4.74 Å². The number of carbonyl (C=O) groups is 4. The Labute approximate surface area is 160 Å². The molecular weight excluding hydrogens is 354 g/mol. The third-order valence-corrected chi connectivity index (χ3v) is 4.08. The molecule has 0 spiro atoms. The lowest BCUT2D eigenvalue weighted by molar-refractivity contribution is -0.142. The van der Waals surface area contributed by atoms with Gasteiger partial charge in [0.05, 0.1) is 20.1 Å². The molecule has 0 saturated carbocycles. The van der Waals surface area contributed by atoms with Gasteiger partial charge in [-0.2, -0.15) is 0 Å². The first-order valence-corrected chi connectivity index (χ1v) is 9.17. The Kier molecular flexibility index (Phi) is 12.8. The predicted octanol–water partition coefficient (Wildman–Crippen LogP) is 0.128. The maximum Gasteiger partial charge on any atom is 0.306 e. The molecule has 0 aromatic rings. The van der Waals surface area contributed by atoms with Crippen molar-refractivity contribution in [2.75, 3.05) is 27.4 Å². The molecule has 0 aliphatic rings. The minimum atomic E-state index is -0.656. The van der Waals surface area contributed by atoms with Crippen LogP contribution in [0.4, 0.5) is 0 Å². The number of ether oxygens (including phenoxy) is 2. The van der Waals surface area contributed by atoms with Crippen LogP contribution in [-0.4, -0.2) is 63.1 Å². The highest BCUT2D eigenvalue weighted by atomic mass is 16.5. The van der Waals surface area contributed by atoms with Crippen LogP contribution in [0.3, 0.4) is 0 Å². The maximum atomic E-state index is 12.4. The summed E-state index contributed by atoms with van der Waals surface area (Å²) in [5.74, 6) is -1.43. The Balaban J connectivity index is 4.42. The summed E-state index contributed by atoms with van der Waals surface area (Å²) in [5, 5.41) is 8.11. The number of carbonyl (C=O) groups excluding carboxylic acids is 4. The van der Waals surface area contributed by atoms with Gasteiger partial charge in [0.25, 0.3) is 0 Å². The van der Waals surface area contributed by atoms with Crippen LogP contribution in [0, 0.1) is 5.92 Å². The quantitative estimate of drug-likeness (QED) is 0.386. The van der Waals surface area contributed by atoms with Gasteiger partial charge in [0.15, 0.2) is 0 Å². The maximum absolute atomic E-state index is 12.4. The molecule has 156 valence electrons. The Morgan fingerprint density at radius 1 is 0.926 bits per heavy atom. The summed E-state index contributed by atoms with van der Waals surface area (Å²) < 4.78 is 9.45. The van der Waals surface area contributed by atoms with E-state index >= 15 is 0 Å². The first-order valence-electron chi connectivity index (χ1n) is 9.17. The van der Waals surface area contributed by atoms with E-state index in [1.165, 1.54) is 7.11 Å². The zero-order valence-corrected chi connectivity index (χ0v) is 16.9. The smallest absolute Gasteiger partial charge is 0.306 e. The van der Waals surface area contributed by atoms with Crippen molar-refractivity contribution < 1.29 is 28.7 Å². The number of amides is 3. The van der Waals surface area contributed by atoms with Gasteiger partial charge in [0.2, 0.25) is 17.7 Å². The molecule has 3 unspecified atom stereocenters. The van der Waals surface area contributed by atoms with Gasteiger partial charge in [-0.15, -0.1) is 0 Å². The van der Waals surface area contributed by atoms with Crippen LogP contribution in [0.2, 0.25) is 0 Å². The van der Waals surface area contributed by atoms with Crippen molar-refractivity contribution in [3.05, 3.63) is 0 Å². The van der Waals surface area contributed by atoms with Crippen LogP contribution in [0.5, 0.6) is 0 Å². The molecule has 0 heterocycles. The number of methoxy groups -OCH3 is 2. The number of esters is 1. The second-order valence-electron chi connectivity index (χ2n) is 6.47. The van der Waals surface area contributed by atoms with Gasteiger partial charge in [0.1, 0.15) is 6.04 Å². The fraction of sp³-hybridized carbons (Fsp3) is 0.778. The molecule has 0 saturated heterocycles. The lowest BCUT2D eigenvalue weighted by Gasteiger charge is -2.25. The molecule has 3 amide bonds. The second-order valence-corrected chi connectivity index (χ2v) is 6.47. The minimum Gasteiger partial charge on any atom is -0.469 e. The van der Waals surface area contributed by atoms with Crippen LogP contribution >= 0.6 is 0 Å². The molecule has 9 nitrogen and oxygen atoms in total. The number of hydrogen-bond donors (Lipinski definition) is 3. The topological polar surface area (TPSA) is 123 Å². The lowest BCUT2D eigenvalue weighted by atomic mass is 9.98. The molecule has 3 N–H and O–H groups in total. The van der Waals surface area contributed by atoms with E-state index in [9.17, 15) is 19.2 Å². The van der Waals surface area contributed by atoms with Crippen molar-refractivity contribution >= 4 is 23.7 Å². The highest BCUT2D eigenvalue weighted by Gasteiger charge is 2.26. The van der Waals surface area contributed by atoms with Crippen LogP contribution in [0.15, 0.2) is 0 Å². The average Bonchev–Trinajstić information content (AvgIpc) is 2.63. The minimum absolute atomic E-state index is 0.00355. The molecule has 0 aromatic heterocycles. The first-order chi connectivity index (χ1) is 12.7. The highest BCUT2D eigenvalue weighted by Crippen LogP contribution is 2.08. The van der Waals surface area contributed by atoms with Crippen LogP contribution < -0.4 is 16.0 Å². The molecule has 0 aliphatic carbocycles. The zero-order valence-electron chi connectivity index (χ0n) is 16.9. The van der Waals surface area contributed by atoms with Crippen molar-refractivity contribution in [2.24, 2.45) is 5.92 Å². The van der Waals surface area contributed by atoms with E-state index in [1.807, 2.05) is 20.8 Å². The molecule has 0 bridgehead atoms. The van der Waals surface area contributed by atoms with E-state index in [2.05, 4.69) is 20.7 Å². The highest BCUT2D eigenvalue weighted by molar-refractivity contribution is 5.88. The molecule has 27 heavy (non-hydrogen) atoms. The van der Waals surface area contributed by atoms with Crippen LogP contribution in [0.1, 0.15) is 46.5 Å². The van der Waals surface area contributed by atoms with E-state index in [0.29, 0.717) is 6.61 Å². The molecule has 0 radical (unpaired) electrons. The molecule has 0 aliphatic heterocycles. The molecule has 9 heteroatoms. The first kappa shape index (κ1) is 24.8. The number of rotatable bonds is 13. The largest absolute Gasteiger partial charge is 0.469 e. The Bertz CT molecular complexity index is 497. The van der Waals surface area contributed by atoms with Gasteiger partial charge in [-0.25, -0.2) is 0 Å². The fourth-order valence-corrected chi connectivity index (χ4v) is 2.29. The van der Waals surface area contributed by atoms with E-state index in [1.54, 1.807) is 7.11 Å². The SMILES string of the molecule is CCC(C)C(NC(=O)CCNC(=O)CCC(=O)OC)C(=O)NC(C)COC. The average molecular weight is 387 g/mol. The van der Waals surface area contributed by atoms with Crippen molar-refractivity contribution in [3.8, 4) is 0 Å². The third kappa shape index (κ3) is 11.2. The van der Waals surface area contributed by atoms with Crippen molar-refractivity contribution in [1.82, 2.24) is 16.0 Å². The summed E-state index contributed by atoms with van der Waals surface area (Å²) >= 11 is 0. The van der Waals surface area contributed by atoms with Gasteiger partial charge >= 0.3 is 5.97 Å². The van der Waals surface area contributed by atoms with Gasteiger partial charge in [-0.1, -0.05) is 20.3 Å². The molecule has 3 atom stereocenters. The second kappa shape index (κ2) is 14.0. The Morgan fingerprint density at radius 2 is 1.59 bits per heavy atom. The summed E-state index contributed by atoms with van der Waals surface area (Å²) in [6.07, 6.45) is 0.757. The summed E-state index contributed by atoms with van der Waals surface area (Å²) in [5.41, 5.74) is 0. The molecule has 0 fully saturated rings. The number of hydrogen-bond acceptors (Lipinski definition) is 6. The standard InChI is InChI=1S/C18H33N3O6/c1-6-12(2)17(18(25)20-13(3)11-26-4)21-15(23)9-10-19-14(22)7-8-16(24)27-5/h12-13,17H,6-11H2,1-5H3,(H,19,22)(H,20,25)(H,21,23). The summed E-state index contributed by atoms with van der Waals surface area (Å²) in [4.78, 5) is 47.1. The molecular formula is C18H33N3O6. The molecule has 0 aromatic carbocycles. The van der Waals surface area contributed by atoms with Crippen LogP contribution in [0.25, 0.3) is 0 Å². The summed E-state index contributed by atoms with van der Waals surface area (Å²) in [7, 11) is 2.81. The van der Waals surface area contributed by atoms with Gasteiger partial charge in [-0.3, -0.25) is 19.2 Å². The monoisotopic (exact) mass is 387 g/mol. The van der Waals surface area contributed by atoms with Gasteiger partial charge in [0, 0.05) is 32.5 Å². The van der Waals surface area contributed by atoms with E-state index in [-0.39, 0.29) is 55.5 Å². The number of nitrogens with one attached hydrogen (secondary N) is 3. The lowest BCUT2D eigenvalue weighted by Crippen LogP contribution is -2.53. The Morgan fingerprint density at radius 3 is 2.15 bits per heavy atom. The van der Waals surface area contributed by atoms with Crippen LogP contribution in [-0.2, 0) is 28.7 Å². The van der Waals surface area contributed by atoms with Crippen molar-refractivity contribution in [1.29, 1.82) is 0 Å². The Hall–Kier alpha value is -2.16. The molecule has 0 rings (SSSR count). The summed E-state index contributed by atoms with van der Waals surface area (Å²) in [6, 6.07) is -0.822. The van der Waals surface area contributed by atoms with E-state index < -0.39 is 12.0 Å². The fourth-order valence-electron chi connectivity index (χ4n) is 2.29. The van der Waals surface area contributed by atoms with Crippen molar-refractivity contribution in [3.63, 3.8) is 0 Å². The normalized spacial score (nSPS) is 13.8. The van der Waals surface area contributed by atoms with E-state index in [0.717, 1.165) is 6.42 Å². The summed E-state index contributed by atoms with van der Waals surface area (Å²) in [6.45, 7) is 6.16. The predicted molar refractivity (Wildman–Crippen MR) is 99.7 cm³/mol. The third-order valence-electron chi connectivity index (χ3n) is 4.08. The zero-order chi connectivity index (χ0) is 20.8. The van der Waals surface area contributed by atoms with Gasteiger partial charge in [-0.05, 0) is 12.8 Å². The van der Waals surface area contributed by atoms with Crippen molar-refractivity contribution in [2.45, 2.75) is 58.5 Å². The van der Waals surface area contributed by atoms with Gasteiger partial charge < -0.3 is 25.4 Å².